The van der Waals surface area contributed by atoms with E-state index in [1.54, 1.807) is 42.5 Å². The highest BCUT2D eigenvalue weighted by molar-refractivity contribution is 9.10. The van der Waals surface area contributed by atoms with E-state index in [9.17, 15) is 27.2 Å². The molecule has 0 saturated carbocycles. The summed E-state index contributed by atoms with van der Waals surface area (Å²) in [4.78, 5) is 26.3. The van der Waals surface area contributed by atoms with Crippen LogP contribution in [-0.4, -0.2) is 22.9 Å². The number of allylic oxidation sites excluding steroid dienone is 1. The zero-order valence-electron chi connectivity index (χ0n) is 17.5. The molecule has 1 atom stereocenters. The van der Waals surface area contributed by atoms with Gasteiger partial charge in [-0.25, -0.2) is 4.39 Å². The standard InChI is InChI=1S/C25H14BrCl2F4NO2/c26-19-9-13(6-8-18(25(30,31)32)15-10-20(27)22(29)21(28)11-15)5-7-14(19)12-33-23(34)16-3-1-2-4-17(16)24(33)35/h1-11,18H,12H2/b8-6+. The lowest BCUT2D eigenvalue weighted by molar-refractivity contribution is -0.139. The number of imide groups is 1. The smallest absolute Gasteiger partial charge is 0.270 e. The molecule has 0 saturated heterocycles. The Morgan fingerprint density at radius 3 is 2.03 bits per heavy atom. The summed E-state index contributed by atoms with van der Waals surface area (Å²) in [5.41, 5.74) is 1.38. The van der Waals surface area contributed by atoms with Crippen molar-refractivity contribution in [1.82, 2.24) is 4.90 Å². The van der Waals surface area contributed by atoms with Gasteiger partial charge in [0, 0.05) is 4.47 Å². The molecule has 0 N–H and O–H groups in total. The molecule has 35 heavy (non-hydrogen) atoms. The number of hydrogen-bond acceptors (Lipinski definition) is 2. The van der Waals surface area contributed by atoms with Gasteiger partial charge in [0.2, 0.25) is 0 Å². The van der Waals surface area contributed by atoms with Gasteiger partial charge in [-0.1, -0.05) is 75.5 Å². The van der Waals surface area contributed by atoms with E-state index in [4.69, 9.17) is 23.2 Å². The molecule has 0 radical (unpaired) electrons. The monoisotopic (exact) mass is 585 g/mol. The molecule has 3 nitrogen and oxygen atoms in total. The molecule has 10 heteroatoms. The summed E-state index contributed by atoms with van der Waals surface area (Å²) in [6.45, 7) is -0.00528. The summed E-state index contributed by atoms with van der Waals surface area (Å²) in [7, 11) is 0. The molecule has 1 heterocycles. The third-order valence-electron chi connectivity index (χ3n) is 5.48. The van der Waals surface area contributed by atoms with E-state index >= 15 is 0 Å². The van der Waals surface area contributed by atoms with Crippen LogP contribution in [0.3, 0.4) is 0 Å². The van der Waals surface area contributed by atoms with Gasteiger partial charge in [0.1, 0.15) is 0 Å². The molecule has 3 aromatic carbocycles. The third kappa shape index (κ3) is 5.15. The van der Waals surface area contributed by atoms with Gasteiger partial charge in [0.15, 0.2) is 5.82 Å². The summed E-state index contributed by atoms with van der Waals surface area (Å²) >= 11 is 14.7. The van der Waals surface area contributed by atoms with Crippen LogP contribution in [0.4, 0.5) is 17.6 Å². The molecule has 1 aliphatic rings. The summed E-state index contributed by atoms with van der Waals surface area (Å²) in [5.74, 6) is -3.88. The maximum absolute atomic E-state index is 13.7. The van der Waals surface area contributed by atoms with Crippen molar-refractivity contribution in [1.29, 1.82) is 0 Å². The molecule has 0 aromatic heterocycles. The van der Waals surface area contributed by atoms with E-state index in [0.717, 1.165) is 23.1 Å². The number of benzene rings is 3. The molecular weight excluding hydrogens is 573 g/mol. The van der Waals surface area contributed by atoms with E-state index in [0.29, 0.717) is 26.7 Å². The highest BCUT2D eigenvalue weighted by atomic mass is 79.9. The van der Waals surface area contributed by atoms with E-state index in [1.165, 1.54) is 6.08 Å². The van der Waals surface area contributed by atoms with Crippen LogP contribution in [0, 0.1) is 5.82 Å². The lowest BCUT2D eigenvalue weighted by Gasteiger charge is -2.18. The Labute approximate surface area is 216 Å². The number of halogens is 7. The zero-order chi connectivity index (χ0) is 25.5. The van der Waals surface area contributed by atoms with E-state index in [2.05, 4.69) is 15.9 Å². The lowest BCUT2D eigenvalue weighted by Crippen LogP contribution is -2.29. The molecule has 0 bridgehead atoms. The van der Waals surface area contributed by atoms with Crippen LogP contribution in [-0.2, 0) is 6.54 Å². The number of fused-ring (bicyclic) bond motifs is 1. The van der Waals surface area contributed by atoms with Crippen molar-refractivity contribution in [3.63, 3.8) is 0 Å². The average molecular weight is 587 g/mol. The van der Waals surface area contributed by atoms with E-state index in [-0.39, 0.29) is 12.1 Å². The predicted octanol–water partition coefficient (Wildman–Crippen LogP) is 8.05. The third-order valence-corrected chi connectivity index (χ3v) is 6.77. The minimum atomic E-state index is -4.68. The highest BCUT2D eigenvalue weighted by Crippen LogP contribution is 2.39. The fraction of sp³-hybridized carbons (Fsp3) is 0.120. The molecule has 180 valence electrons. The zero-order valence-corrected chi connectivity index (χ0v) is 20.6. The quantitative estimate of drug-likeness (QED) is 0.172. The van der Waals surface area contributed by atoms with Crippen molar-refractivity contribution in [3.05, 3.63) is 109 Å². The van der Waals surface area contributed by atoms with Gasteiger partial charge in [-0.05, 0) is 47.0 Å². The Morgan fingerprint density at radius 1 is 0.943 bits per heavy atom. The van der Waals surface area contributed by atoms with E-state index in [1.807, 2.05) is 0 Å². The van der Waals surface area contributed by atoms with Crippen molar-refractivity contribution in [2.24, 2.45) is 0 Å². The van der Waals surface area contributed by atoms with Crippen LogP contribution in [0.25, 0.3) is 6.08 Å². The Kier molecular flexibility index (Phi) is 7.09. The second-order valence-corrected chi connectivity index (χ2v) is 9.44. The fourth-order valence-corrected chi connectivity index (χ4v) is 4.75. The molecule has 1 unspecified atom stereocenters. The number of rotatable bonds is 5. The maximum Gasteiger partial charge on any atom is 0.399 e. The summed E-state index contributed by atoms with van der Waals surface area (Å²) in [6.07, 6.45) is -2.49. The Balaban J connectivity index is 1.57. The Hall–Kier alpha value is -2.68. The first-order valence-corrected chi connectivity index (χ1v) is 11.6. The molecule has 0 aliphatic carbocycles. The van der Waals surface area contributed by atoms with Gasteiger partial charge in [-0.2, -0.15) is 13.2 Å². The minimum absolute atomic E-state index is 0.00528. The Bertz CT molecular complexity index is 1320. The van der Waals surface area contributed by atoms with Crippen LogP contribution >= 0.6 is 39.1 Å². The minimum Gasteiger partial charge on any atom is -0.270 e. The SMILES string of the molecule is O=C1c2ccccc2C(=O)N1Cc1ccc(/C=C/C(c2cc(Cl)c(F)c(Cl)c2)C(F)(F)F)cc1Br. The molecule has 3 aromatic rings. The number of nitrogens with zero attached hydrogens (tertiary/aromatic N) is 1. The number of hydrogen-bond donors (Lipinski definition) is 0. The first-order chi connectivity index (χ1) is 16.5. The van der Waals surface area contributed by atoms with Gasteiger partial charge < -0.3 is 0 Å². The lowest BCUT2D eigenvalue weighted by atomic mass is 9.97. The first-order valence-electron chi connectivity index (χ1n) is 10.1. The van der Waals surface area contributed by atoms with Gasteiger partial charge in [-0.3, -0.25) is 14.5 Å². The van der Waals surface area contributed by atoms with E-state index < -0.39 is 39.8 Å². The topological polar surface area (TPSA) is 37.4 Å². The van der Waals surface area contributed by atoms with Crippen molar-refractivity contribution < 1.29 is 27.2 Å². The summed E-state index contributed by atoms with van der Waals surface area (Å²) in [6, 6.07) is 13.0. The number of alkyl halides is 3. The van der Waals surface area contributed by atoms with Crippen LogP contribution < -0.4 is 0 Å². The van der Waals surface area contributed by atoms with Crippen LogP contribution in [0.15, 0.2) is 65.1 Å². The van der Waals surface area contributed by atoms with Crippen molar-refractivity contribution >= 4 is 57.0 Å². The fourth-order valence-electron chi connectivity index (χ4n) is 3.72. The van der Waals surface area contributed by atoms with Gasteiger partial charge in [-0.15, -0.1) is 0 Å². The molecule has 2 amide bonds. The summed E-state index contributed by atoms with van der Waals surface area (Å²) < 4.78 is 55.3. The average Bonchev–Trinajstić information content (AvgIpc) is 3.03. The highest BCUT2D eigenvalue weighted by Gasteiger charge is 2.39. The number of carbonyl (C=O) groups excluding carboxylic acids is 2. The van der Waals surface area contributed by atoms with Gasteiger partial charge >= 0.3 is 6.18 Å². The molecule has 0 fully saturated rings. The predicted molar refractivity (Wildman–Crippen MR) is 129 cm³/mol. The van der Waals surface area contributed by atoms with Crippen molar-refractivity contribution in [2.75, 3.05) is 0 Å². The number of amides is 2. The molecule has 0 spiro atoms. The normalized spacial score (nSPS) is 14.7. The first kappa shape index (κ1) is 25.4. The second-order valence-electron chi connectivity index (χ2n) is 7.77. The van der Waals surface area contributed by atoms with Crippen molar-refractivity contribution in [3.8, 4) is 0 Å². The Morgan fingerprint density at radius 2 is 1.51 bits per heavy atom. The maximum atomic E-state index is 13.7. The van der Waals surface area contributed by atoms with Crippen molar-refractivity contribution in [2.45, 2.75) is 18.6 Å². The largest absolute Gasteiger partial charge is 0.399 e. The van der Waals surface area contributed by atoms with Crippen LogP contribution in [0.2, 0.25) is 10.0 Å². The van der Waals surface area contributed by atoms with Gasteiger partial charge in [0.05, 0.1) is 33.6 Å². The van der Waals surface area contributed by atoms with Gasteiger partial charge in [0.25, 0.3) is 11.8 Å². The molecular formula is C25H14BrCl2F4NO2. The van der Waals surface area contributed by atoms with Crippen LogP contribution in [0.5, 0.6) is 0 Å². The number of carbonyl (C=O) groups is 2. The van der Waals surface area contributed by atoms with Crippen LogP contribution in [0.1, 0.15) is 43.3 Å². The molecule has 4 rings (SSSR count). The second kappa shape index (κ2) is 9.76. The summed E-state index contributed by atoms with van der Waals surface area (Å²) in [5, 5.41) is -1.01. The molecule has 1 aliphatic heterocycles.